The minimum atomic E-state index is -0.0465. The van der Waals surface area contributed by atoms with Crippen LogP contribution in [0.4, 0.5) is 0 Å². The maximum atomic E-state index is 12.4. The van der Waals surface area contributed by atoms with Gasteiger partial charge in [0, 0.05) is 39.1 Å². The molecule has 1 saturated heterocycles. The Morgan fingerprint density at radius 1 is 1.47 bits per heavy atom. The van der Waals surface area contributed by atoms with Crippen LogP contribution in [0, 0.1) is 0 Å². The summed E-state index contributed by atoms with van der Waals surface area (Å²) >= 11 is 0. The van der Waals surface area contributed by atoms with Crippen LogP contribution in [-0.2, 0) is 9.59 Å². The first-order valence-electron chi connectivity index (χ1n) is 6.89. The van der Waals surface area contributed by atoms with Crippen LogP contribution in [0.1, 0.15) is 38.5 Å². The minimum absolute atomic E-state index is 0.0419. The second kappa shape index (κ2) is 6.14. The maximum Gasteiger partial charge on any atom is 0.270 e. The van der Waals surface area contributed by atoms with Gasteiger partial charge in [0.05, 0.1) is 0 Å². The normalized spacial score (nSPS) is 23.8. The van der Waals surface area contributed by atoms with Crippen LogP contribution < -0.4 is 0 Å². The molecule has 0 aromatic heterocycles. The molecule has 6 heteroatoms. The monoisotopic (exact) mass is 267 g/mol. The lowest BCUT2D eigenvalue weighted by Crippen LogP contribution is -2.43. The summed E-state index contributed by atoms with van der Waals surface area (Å²) in [6.45, 7) is 0.919. The first kappa shape index (κ1) is 14.0. The van der Waals surface area contributed by atoms with Crippen molar-refractivity contribution in [2.24, 2.45) is 5.10 Å². The van der Waals surface area contributed by atoms with Gasteiger partial charge in [-0.3, -0.25) is 9.59 Å². The largest absolute Gasteiger partial charge is 0.396 e. The molecule has 0 aliphatic carbocycles. The second-order valence-electron chi connectivity index (χ2n) is 5.12. The first-order valence-corrected chi connectivity index (χ1v) is 6.89. The van der Waals surface area contributed by atoms with Crippen LogP contribution in [0.15, 0.2) is 5.10 Å². The fraction of sp³-hybridized carbons (Fsp3) is 0.769. The van der Waals surface area contributed by atoms with Crippen molar-refractivity contribution in [1.29, 1.82) is 0 Å². The zero-order valence-corrected chi connectivity index (χ0v) is 11.3. The fourth-order valence-corrected chi connectivity index (χ4v) is 2.72. The van der Waals surface area contributed by atoms with E-state index in [0.717, 1.165) is 32.2 Å². The van der Waals surface area contributed by atoms with E-state index in [2.05, 4.69) is 5.10 Å². The summed E-state index contributed by atoms with van der Waals surface area (Å²) in [6, 6.07) is 0.213. The molecule has 1 unspecified atom stereocenters. The molecule has 0 bridgehead atoms. The van der Waals surface area contributed by atoms with Crippen molar-refractivity contribution in [3.63, 3.8) is 0 Å². The SMILES string of the molecule is CN1N=C(C(=O)N2CCCC2CCCO)CCC1=O. The number of aliphatic hydroxyl groups excluding tert-OH is 1. The standard InChI is InChI=1S/C13H21N3O3/c1-15-12(18)7-6-11(14-15)13(19)16-8-2-4-10(16)5-3-9-17/h10,17H,2-9H2,1H3. The Morgan fingerprint density at radius 3 is 2.95 bits per heavy atom. The third-order valence-electron chi connectivity index (χ3n) is 3.79. The molecule has 1 N–H and O–H groups in total. The Morgan fingerprint density at radius 2 is 2.26 bits per heavy atom. The van der Waals surface area contributed by atoms with Gasteiger partial charge >= 0.3 is 0 Å². The number of carbonyl (C=O) groups excluding carboxylic acids is 2. The van der Waals surface area contributed by atoms with Gasteiger partial charge in [0.15, 0.2) is 0 Å². The average molecular weight is 267 g/mol. The van der Waals surface area contributed by atoms with E-state index in [0.29, 0.717) is 18.6 Å². The van der Waals surface area contributed by atoms with E-state index < -0.39 is 0 Å². The van der Waals surface area contributed by atoms with Gasteiger partial charge in [-0.25, -0.2) is 5.01 Å². The molecular weight excluding hydrogens is 246 g/mol. The predicted molar refractivity (Wildman–Crippen MR) is 70.5 cm³/mol. The molecular formula is C13H21N3O3. The van der Waals surface area contributed by atoms with Gasteiger partial charge in [-0.1, -0.05) is 0 Å². The molecule has 1 atom stereocenters. The summed E-state index contributed by atoms with van der Waals surface area (Å²) < 4.78 is 0. The van der Waals surface area contributed by atoms with E-state index in [1.165, 1.54) is 5.01 Å². The molecule has 19 heavy (non-hydrogen) atoms. The number of rotatable bonds is 4. The zero-order chi connectivity index (χ0) is 13.8. The third-order valence-corrected chi connectivity index (χ3v) is 3.79. The van der Waals surface area contributed by atoms with Crippen LogP contribution in [0.25, 0.3) is 0 Å². The molecule has 2 amide bonds. The summed E-state index contributed by atoms with van der Waals surface area (Å²) in [7, 11) is 1.59. The second-order valence-corrected chi connectivity index (χ2v) is 5.12. The number of amides is 2. The van der Waals surface area contributed by atoms with E-state index in [4.69, 9.17) is 5.11 Å². The number of aliphatic hydroxyl groups is 1. The smallest absolute Gasteiger partial charge is 0.270 e. The lowest BCUT2D eigenvalue weighted by Gasteiger charge is -2.27. The van der Waals surface area contributed by atoms with Gasteiger partial charge in [0.1, 0.15) is 5.71 Å². The van der Waals surface area contributed by atoms with Crippen LogP contribution in [0.5, 0.6) is 0 Å². The molecule has 106 valence electrons. The Bertz CT molecular complexity index is 395. The van der Waals surface area contributed by atoms with Crippen molar-refractivity contribution in [1.82, 2.24) is 9.91 Å². The van der Waals surface area contributed by atoms with Crippen LogP contribution in [-0.4, -0.2) is 58.8 Å². The third kappa shape index (κ3) is 3.12. The summed E-state index contributed by atoms with van der Waals surface area (Å²) in [5, 5.41) is 14.2. The summed E-state index contributed by atoms with van der Waals surface area (Å²) in [5.41, 5.74) is 0.484. The van der Waals surface area contributed by atoms with Crippen LogP contribution in [0.2, 0.25) is 0 Å². The highest BCUT2D eigenvalue weighted by atomic mass is 16.3. The molecule has 2 aliphatic heterocycles. The first-order chi connectivity index (χ1) is 9.13. The van der Waals surface area contributed by atoms with Gasteiger partial charge in [-0.15, -0.1) is 0 Å². The molecule has 0 aromatic carbocycles. The summed E-state index contributed by atoms with van der Waals surface area (Å²) in [5.74, 6) is -0.0883. The molecule has 0 radical (unpaired) electrons. The van der Waals surface area contributed by atoms with Crippen molar-refractivity contribution < 1.29 is 14.7 Å². The molecule has 6 nitrogen and oxygen atoms in total. The lowest BCUT2D eigenvalue weighted by molar-refractivity contribution is -0.130. The topological polar surface area (TPSA) is 73.2 Å². The van der Waals surface area contributed by atoms with Crippen LogP contribution >= 0.6 is 0 Å². The fourth-order valence-electron chi connectivity index (χ4n) is 2.72. The van der Waals surface area contributed by atoms with E-state index in [9.17, 15) is 9.59 Å². The van der Waals surface area contributed by atoms with E-state index in [1.807, 2.05) is 4.90 Å². The van der Waals surface area contributed by atoms with E-state index in [-0.39, 0.29) is 24.5 Å². The molecule has 1 fully saturated rings. The van der Waals surface area contributed by atoms with Crippen molar-refractivity contribution in [2.45, 2.75) is 44.6 Å². The van der Waals surface area contributed by atoms with Crippen molar-refractivity contribution in [3.8, 4) is 0 Å². The van der Waals surface area contributed by atoms with Gasteiger partial charge in [-0.2, -0.15) is 5.10 Å². The zero-order valence-electron chi connectivity index (χ0n) is 11.3. The van der Waals surface area contributed by atoms with Crippen molar-refractivity contribution >= 4 is 17.5 Å². The molecule has 2 rings (SSSR count). The van der Waals surface area contributed by atoms with Crippen LogP contribution in [0.3, 0.4) is 0 Å². The van der Waals surface area contributed by atoms with E-state index >= 15 is 0 Å². The number of hydrogen-bond donors (Lipinski definition) is 1. The highest BCUT2D eigenvalue weighted by Crippen LogP contribution is 2.23. The van der Waals surface area contributed by atoms with Gasteiger partial charge < -0.3 is 10.0 Å². The van der Waals surface area contributed by atoms with Crippen molar-refractivity contribution in [3.05, 3.63) is 0 Å². The molecule has 2 heterocycles. The highest BCUT2D eigenvalue weighted by molar-refractivity contribution is 6.39. The maximum absolute atomic E-state index is 12.4. The Balaban J connectivity index is 2.02. The number of hydrogen-bond acceptors (Lipinski definition) is 4. The van der Waals surface area contributed by atoms with E-state index in [1.54, 1.807) is 7.05 Å². The lowest BCUT2D eigenvalue weighted by atomic mass is 10.1. The Hall–Kier alpha value is -1.43. The van der Waals surface area contributed by atoms with Crippen molar-refractivity contribution in [2.75, 3.05) is 20.2 Å². The molecule has 0 saturated carbocycles. The van der Waals surface area contributed by atoms with Gasteiger partial charge in [-0.05, 0) is 25.7 Å². The molecule has 0 spiro atoms. The number of hydrazone groups is 1. The van der Waals surface area contributed by atoms with Gasteiger partial charge in [0.2, 0.25) is 5.91 Å². The molecule has 0 aromatic rings. The minimum Gasteiger partial charge on any atom is -0.396 e. The summed E-state index contributed by atoms with van der Waals surface area (Å²) in [4.78, 5) is 25.6. The quantitative estimate of drug-likeness (QED) is 0.799. The number of nitrogens with zero attached hydrogens (tertiary/aromatic N) is 3. The predicted octanol–water partition coefficient (Wildman–Crippen LogP) is 0.358. The Kier molecular flexibility index (Phi) is 4.52. The summed E-state index contributed by atoms with van der Waals surface area (Å²) in [6.07, 6.45) is 4.35. The Labute approximate surface area is 113 Å². The number of carbonyl (C=O) groups is 2. The molecule has 2 aliphatic rings. The number of likely N-dealkylation sites (tertiary alicyclic amines) is 1. The average Bonchev–Trinajstić information content (AvgIpc) is 2.87. The van der Waals surface area contributed by atoms with Gasteiger partial charge in [0.25, 0.3) is 5.91 Å². The highest BCUT2D eigenvalue weighted by Gasteiger charge is 2.32.